The third-order valence-corrected chi connectivity index (χ3v) is 7.15. The van der Waals surface area contributed by atoms with Gasteiger partial charge in [0, 0.05) is 0 Å². The van der Waals surface area contributed by atoms with Gasteiger partial charge in [-0.25, -0.2) is 0 Å². The van der Waals surface area contributed by atoms with Gasteiger partial charge in [0.1, 0.15) is 12.2 Å². The fourth-order valence-electron chi connectivity index (χ4n) is 4.85. The lowest BCUT2D eigenvalue weighted by Gasteiger charge is -2.36. The number of benzene rings is 3. The van der Waals surface area contributed by atoms with Crippen LogP contribution in [0.25, 0.3) is 0 Å². The minimum atomic E-state index is -0.748. The van der Waals surface area contributed by atoms with Gasteiger partial charge in [-0.1, -0.05) is 97.6 Å². The second-order valence-electron chi connectivity index (χ2n) is 10.6. The van der Waals surface area contributed by atoms with Gasteiger partial charge in [0.05, 0.1) is 119 Å². The van der Waals surface area contributed by atoms with Gasteiger partial charge in [-0.3, -0.25) is 0 Å². The van der Waals surface area contributed by atoms with Crippen LogP contribution < -0.4 is 0 Å². The molecule has 49 heavy (non-hydrogen) atoms. The number of rotatable bonds is 32. The van der Waals surface area contributed by atoms with E-state index in [0.717, 1.165) is 16.7 Å². The molecule has 3 aromatic carbocycles. The molecule has 10 heteroatoms. The second kappa shape index (κ2) is 27.6. The summed E-state index contributed by atoms with van der Waals surface area (Å²) in [5.41, 5.74) is 2.46. The molecule has 3 rings (SSSR count). The third-order valence-electron chi connectivity index (χ3n) is 7.15. The van der Waals surface area contributed by atoms with Crippen LogP contribution in [-0.2, 0) is 53.0 Å². The first kappa shape index (κ1) is 40.3. The highest BCUT2D eigenvalue weighted by molar-refractivity contribution is 5.47. The summed E-state index contributed by atoms with van der Waals surface area (Å²) in [5, 5.41) is 0. The maximum atomic E-state index is 6.72. The summed E-state index contributed by atoms with van der Waals surface area (Å²) in [7, 11) is 0. The molecule has 0 saturated carbocycles. The Morgan fingerprint density at radius 3 is 0.857 bits per heavy atom. The molecule has 0 aliphatic rings. The van der Waals surface area contributed by atoms with Gasteiger partial charge < -0.3 is 47.4 Å². The van der Waals surface area contributed by atoms with Crippen LogP contribution in [0.3, 0.4) is 0 Å². The summed E-state index contributed by atoms with van der Waals surface area (Å²) in [6.07, 6.45) is 1.40. The topological polar surface area (TPSA) is 92.3 Å². The molecule has 0 bridgehead atoms. The summed E-state index contributed by atoms with van der Waals surface area (Å²) < 4.78 is 56.0. The smallest absolute Gasteiger partial charge is 0.143 e. The molecule has 0 fully saturated rings. The summed E-state index contributed by atoms with van der Waals surface area (Å²) in [6.45, 7) is 12.4. The van der Waals surface area contributed by atoms with Crippen molar-refractivity contribution in [2.24, 2.45) is 0 Å². The second-order valence-corrected chi connectivity index (χ2v) is 10.6. The van der Waals surface area contributed by atoms with Gasteiger partial charge in [0.2, 0.25) is 0 Å². The molecule has 0 unspecified atom stereocenters. The van der Waals surface area contributed by atoms with E-state index in [1.807, 2.05) is 54.6 Å². The Kier molecular flexibility index (Phi) is 22.7. The van der Waals surface area contributed by atoms with Crippen LogP contribution >= 0.6 is 0 Å². The maximum absolute atomic E-state index is 6.72. The zero-order valence-corrected chi connectivity index (χ0v) is 28.8. The molecule has 3 aromatic rings. The van der Waals surface area contributed by atoms with Crippen molar-refractivity contribution in [2.75, 3.05) is 119 Å². The van der Waals surface area contributed by atoms with E-state index < -0.39 is 5.60 Å². The number of ether oxygens (including phenoxy) is 10. The van der Waals surface area contributed by atoms with Crippen molar-refractivity contribution in [2.45, 2.75) is 5.60 Å². The Labute approximate surface area is 292 Å². The first-order valence-corrected chi connectivity index (χ1v) is 17.0. The van der Waals surface area contributed by atoms with Crippen LogP contribution in [0.1, 0.15) is 16.7 Å². The molecule has 0 radical (unpaired) electrons. The molecule has 0 aliphatic heterocycles. The zero-order valence-electron chi connectivity index (χ0n) is 28.8. The van der Waals surface area contributed by atoms with E-state index in [0.29, 0.717) is 119 Å². The summed E-state index contributed by atoms with van der Waals surface area (Å²) in [5.74, 6) is 0. The molecule has 0 aliphatic carbocycles. The molecule has 0 atom stereocenters. The van der Waals surface area contributed by atoms with Crippen LogP contribution in [-0.4, -0.2) is 119 Å². The average Bonchev–Trinajstić information content (AvgIpc) is 3.15. The molecule has 0 amide bonds. The summed E-state index contributed by atoms with van der Waals surface area (Å²) in [4.78, 5) is 0. The first-order chi connectivity index (χ1) is 24.4. The van der Waals surface area contributed by atoms with Crippen LogP contribution in [0.2, 0.25) is 0 Å². The van der Waals surface area contributed by atoms with Crippen molar-refractivity contribution in [3.05, 3.63) is 121 Å². The Bertz CT molecular complexity index is 1070. The van der Waals surface area contributed by atoms with E-state index in [1.54, 1.807) is 0 Å². The van der Waals surface area contributed by atoms with Gasteiger partial charge in [-0.15, -0.1) is 0 Å². The van der Waals surface area contributed by atoms with Gasteiger partial charge >= 0.3 is 0 Å². The van der Waals surface area contributed by atoms with Crippen LogP contribution in [0.4, 0.5) is 0 Å². The van der Waals surface area contributed by atoms with E-state index >= 15 is 0 Å². The average molecular weight is 683 g/mol. The van der Waals surface area contributed by atoms with E-state index in [2.05, 4.69) is 43.0 Å². The Morgan fingerprint density at radius 2 is 0.592 bits per heavy atom. The normalized spacial score (nSPS) is 11.5. The van der Waals surface area contributed by atoms with Crippen LogP contribution in [0.15, 0.2) is 104 Å². The van der Waals surface area contributed by atoms with Crippen molar-refractivity contribution >= 4 is 0 Å². The third kappa shape index (κ3) is 16.9. The predicted molar refractivity (Wildman–Crippen MR) is 188 cm³/mol. The lowest BCUT2D eigenvalue weighted by atomic mass is 9.80. The van der Waals surface area contributed by atoms with Crippen molar-refractivity contribution in [3.8, 4) is 0 Å². The van der Waals surface area contributed by atoms with Crippen molar-refractivity contribution in [1.82, 2.24) is 0 Å². The monoisotopic (exact) mass is 682 g/mol. The highest BCUT2D eigenvalue weighted by Gasteiger charge is 2.37. The molecule has 0 heterocycles. The largest absolute Gasteiger partial charge is 0.499 e. The van der Waals surface area contributed by atoms with Crippen molar-refractivity contribution < 1.29 is 47.4 Å². The Balaban J connectivity index is 1.13. The van der Waals surface area contributed by atoms with E-state index in [1.165, 1.54) is 6.26 Å². The van der Waals surface area contributed by atoms with E-state index in [9.17, 15) is 0 Å². The van der Waals surface area contributed by atoms with Crippen molar-refractivity contribution in [1.29, 1.82) is 0 Å². The highest BCUT2D eigenvalue weighted by atomic mass is 16.6. The van der Waals surface area contributed by atoms with Gasteiger partial charge in [-0.2, -0.15) is 0 Å². The fourth-order valence-corrected chi connectivity index (χ4v) is 4.85. The molecule has 270 valence electrons. The molecular formula is C39H54O10. The molecule has 0 spiro atoms. The van der Waals surface area contributed by atoms with Gasteiger partial charge in [-0.05, 0) is 16.7 Å². The first-order valence-electron chi connectivity index (χ1n) is 17.0. The molecule has 10 nitrogen and oxygen atoms in total. The maximum Gasteiger partial charge on any atom is 0.143 e. The SMILES string of the molecule is C=COCCOCCOCCOCCOCCOCCOCCOCCOCCOC(c1ccccc1)(c1ccccc1)c1ccccc1. The Morgan fingerprint density at radius 1 is 0.347 bits per heavy atom. The summed E-state index contributed by atoms with van der Waals surface area (Å²) in [6, 6.07) is 31.0. The molecule has 0 aromatic heterocycles. The van der Waals surface area contributed by atoms with Gasteiger partial charge in [0.15, 0.2) is 0 Å². The minimum Gasteiger partial charge on any atom is -0.499 e. The predicted octanol–water partition coefficient (Wildman–Crippen LogP) is 5.29. The molecule has 0 saturated heterocycles. The molecular weight excluding hydrogens is 628 g/mol. The molecule has 0 N–H and O–H groups in total. The lowest BCUT2D eigenvalue weighted by Crippen LogP contribution is -2.34. The number of hydrogen-bond donors (Lipinski definition) is 0. The van der Waals surface area contributed by atoms with Crippen LogP contribution in [0, 0.1) is 0 Å². The summed E-state index contributed by atoms with van der Waals surface area (Å²) >= 11 is 0. The Hall–Kier alpha value is -3.16. The van der Waals surface area contributed by atoms with E-state index in [4.69, 9.17) is 47.4 Å². The van der Waals surface area contributed by atoms with Crippen molar-refractivity contribution in [3.63, 3.8) is 0 Å². The zero-order chi connectivity index (χ0) is 34.3. The standard InChI is InChI=1S/C39H54O10/c1-2-40-18-19-41-20-21-42-22-23-43-24-25-44-26-27-45-28-29-46-30-31-47-32-33-48-34-35-49-39(36-12-6-3-7-13-36,37-14-8-4-9-15-37)38-16-10-5-11-17-38/h2-17H,1,18-35H2. The number of hydrogen-bond acceptors (Lipinski definition) is 10. The van der Waals surface area contributed by atoms with Gasteiger partial charge in [0.25, 0.3) is 0 Å². The quantitative estimate of drug-likeness (QED) is 0.0492. The highest BCUT2D eigenvalue weighted by Crippen LogP contribution is 2.40. The van der Waals surface area contributed by atoms with E-state index in [-0.39, 0.29) is 0 Å². The fraction of sp³-hybridized carbons (Fsp3) is 0.487. The minimum absolute atomic E-state index is 0.418. The lowest BCUT2D eigenvalue weighted by molar-refractivity contribution is -0.0398. The van der Waals surface area contributed by atoms with Crippen LogP contribution in [0.5, 0.6) is 0 Å².